The summed E-state index contributed by atoms with van der Waals surface area (Å²) in [4.78, 5) is 22.5. The van der Waals surface area contributed by atoms with Crippen molar-refractivity contribution < 1.29 is 13.9 Å². The number of rotatable bonds is 5. The van der Waals surface area contributed by atoms with Gasteiger partial charge in [0.05, 0.1) is 6.10 Å². The molecule has 1 aromatic carbocycles. The van der Waals surface area contributed by atoms with Gasteiger partial charge in [-0.1, -0.05) is 0 Å². The molecular formula is C20H30FN5O2. The zero-order valence-corrected chi connectivity index (χ0v) is 16.7. The highest BCUT2D eigenvalue weighted by Gasteiger charge is 2.22. The van der Waals surface area contributed by atoms with Crippen LogP contribution in [0.15, 0.2) is 29.3 Å². The van der Waals surface area contributed by atoms with Crippen LogP contribution < -0.4 is 10.2 Å². The van der Waals surface area contributed by atoms with Crippen LogP contribution in [-0.4, -0.2) is 87.7 Å². The van der Waals surface area contributed by atoms with E-state index < -0.39 is 0 Å². The number of hydrogen-bond donors (Lipinski definition) is 1. The van der Waals surface area contributed by atoms with Crippen molar-refractivity contribution in [2.45, 2.75) is 18.9 Å². The van der Waals surface area contributed by atoms with Crippen molar-refractivity contribution in [1.82, 2.24) is 15.1 Å². The average Bonchev–Trinajstić information content (AvgIpc) is 3.22. The van der Waals surface area contributed by atoms with E-state index in [0.29, 0.717) is 6.54 Å². The number of nitrogens with zero attached hydrogens (tertiary/aromatic N) is 4. The topological polar surface area (TPSA) is 60.4 Å². The fourth-order valence-corrected chi connectivity index (χ4v) is 3.39. The first-order valence-electron chi connectivity index (χ1n) is 9.88. The maximum Gasteiger partial charge on any atom is 0.243 e. The van der Waals surface area contributed by atoms with E-state index >= 15 is 0 Å². The van der Waals surface area contributed by atoms with Crippen LogP contribution in [0.25, 0.3) is 0 Å². The van der Waals surface area contributed by atoms with E-state index in [1.807, 2.05) is 12.1 Å². The number of aliphatic imine (C=N–C) groups is 1. The lowest BCUT2D eigenvalue weighted by Gasteiger charge is -2.38. The second kappa shape index (κ2) is 9.73. The fraction of sp³-hybridized carbons (Fsp3) is 0.600. The predicted molar refractivity (Wildman–Crippen MR) is 108 cm³/mol. The van der Waals surface area contributed by atoms with Crippen molar-refractivity contribution in [3.05, 3.63) is 30.1 Å². The minimum Gasteiger partial charge on any atom is -0.376 e. The van der Waals surface area contributed by atoms with Gasteiger partial charge in [-0.2, -0.15) is 0 Å². The molecule has 1 unspecified atom stereocenters. The third-order valence-electron chi connectivity index (χ3n) is 5.15. The Bertz CT molecular complexity index is 666. The Labute approximate surface area is 166 Å². The zero-order chi connectivity index (χ0) is 19.9. The van der Waals surface area contributed by atoms with Crippen LogP contribution in [0.3, 0.4) is 0 Å². The number of guanidine groups is 1. The van der Waals surface area contributed by atoms with Gasteiger partial charge < -0.3 is 24.8 Å². The lowest BCUT2D eigenvalue weighted by atomic mass is 10.2. The maximum atomic E-state index is 13.1. The van der Waals surface area contributed by atoms with Crippen molar-refractivity contribution in [1.29, 1.82) is 0 Å². The van der Waals surface area contributed by atoms with Crippen LogP contribution in [0, 0.1) is 5.82 Å². The highest BCUT2D eigenvalue weighted by molar-refractivity contribution is 5.85. The highest BCUT2D eigenvalue weighted by atomic mass is 19.1. The molecule has 1 atom stereocenters. The summed E-state index contributed by atoms with van der Waals surface area (Å²) in [7, 11) is 3.47. The number of benzene rings is 1. The molecule has 3 rings (SSSR count). The van der Waals surface area contributed by atoms with E-state index in [0.717, 1.165) is 57.3 Å². The number of likely N-dealkylation sites (N-methyl/N-ethyl adjacent to an activating group) is 1. The van der Waals surface area contributed by atoms with Gasteiger partial charge in [0.1, 0.15) is 12.4 Å². The van der Waals surface area contributed by atoms with Gasteiger partial charge in [-0.15, -0.1) is 0 Å². The smallest absolute Gasteiger partial charge is 0.243 e. The molecular weight excluding hydrogens is 361 g/mol. The molecule has 2 saturated heterocycles. The second-order valence-electron chi connectivity index (χ2n) is 7.39. The summed E-state index contributed by atoms with van der Waals surface area (Å²) in [5.41, 5.74) is 1.02. The molecule has 28 heavy (non-hydrogen) atoms. The maximum absolute atomic E-state index is 13.1. The molecule has 0 aromatic heterocycles. The standard InChI is InChI=1S/C20H30FN5O2/c1-24(2)19(27)15-23-20(22-14-18-4-3-13-28-18)26-11-9-25(10-12-26)17-7-5-16(21)6-8-17/h5-8,18H,3-4,9-15H2,1-2H3,(H,22,23). The van der Waals surface area contributed by atoms with Crippen LogP contribution in [0.4, 0.5) is 10.1 Å². The number of halogens is 1. The van der Waals surface area contributed by atoms with Crippen molar-refractivity contribution in [2.75, 3.05) is 64.9 Å². The summed E-state index contributed by atoms with van der Waals surface area (Å²) < 4.78 is 18.8. The number of nitrogens with one attached hydrogen (secondary N) is 1. The van der Waals surface area contributed by atoms with Crippen LogP contribution >= 0.6 is 0 Å². The summed E-state index contributed by atoms with van der Waals surface area (Å²) in [6.45, 7) is 4.83. The van der Waals surface area contributed by atoms with E-state index in [-0.39, 0.29) is 24.4 Å². The molecule has 1 amide bonds. The van der Waals surface area contributed by atoms with Gasteiger partial charge in [0.15, 0.2) is 5.96 Å². The third-order valence-corrected chi connectivity index (χ3v) is 5.15. The molecule has 0 saturated carbocycles. The Morgan fingerprint density at radius 1 is 1.25 bits per heavy atom. The first-order chi connectivity index (χ1) is 13.5. The lowest BCUT2D eigenvalue weighted by Crippen LogP contribution is -2.53. The Hall–Kier alpha value is -2.35. The van der Waals surface area contributed by atoms with Gasteiger partial charge in [-0.25, -0.2) is 9.38 Å². The SMILES string of the molecule is CN(C)C(=O)CN=C(NCC1CCCO1)N1CCN(c2ccc(F)cc2)CC1. The average molecular weight is 391 g/mol. The zero-order valence-electron chi connectivity index (χ0n) is 16.7. The summed E-state index contributed by atoms with van der Waals surface area (Å²) in [5.74, 6) is 0.506. The Morgan fingerprint density at radius 2 is 1.96 bits per heavy atom. The summed E-state index contributed by atoms with van der Waals surface area (Å²) in [6.07, 6.45) is 2.35. The van der Waals surface area contributed by atoms with Gasteiger partial charge in [0, 0.05) is 59.1 Å². The molecule has 2 heterocycles. The van der Waals surface area contributed by atoms with E-state index in [9.17, 15) is 9.18 Å². The molecule has 0 aliphatic carbocycles. The summed E-state index contributed by atoms with van der Waals surface area (Å²) in [6, 6.07) is 6.60. The molecule has 8 heteroatoms. The van der Waals surface area contributed by atoms with Gasteiger partial charge in [-0.3, -0.25) is 4.79 Å². The Morgan fingerprint density at radius 3 is 2.57 bits per heavy atom. The number of piperazine rings is 1. The Balaban J connectivity index is 1.59. The third kappa shape index (κ3) is 5.58. The van der Waals surface area contributed by atoms with E-state index in [1.165, 1.54) is 12.1 Å². The monoisotopic (exact) mass is 391 g/mol. The number of ether oxygens (including phenoxy) is 1. The van der Waals surface area contributed by atoms with Crippen LogP contribution in [0.1, 0.15) is 12.8 Å². The first kappa shape index (κ1) is 20.4. The molecule has 0 spiro atoms. The van der Waals surface area contributed by atoms with Gasteiger partial charge in [0.2, 0.25) is 5.91 Å². The van der Waals surface area contributed by atoms with E-state index in [1.54, 1.807) is 19.0 Å². The number of amides is 1. The largest absolute Gasteiger partial charge is 0.376 e. The molecule has 1 aromatic rings. The number of carbonyl (C=O) groups is 1. The highest BCUT2D eigenvalue weighted by Crippen LogP contribution is 2.17. The minimum atomic E-state index is -0.222. The van der Waals surface area contributed by atoms with E-state index in [4.69, 9.17) is 4.74 Å². The quantitative estimate of drug-likeness (QED) is 0.603. The van der Waals surface area contributed by atoms with Crippen LogP contribution in [0.2, 0.25) is 0 Å². The second-order valence-corrected chi connectivity index (χ2v) is 7.39. The fourth-order valence-electron chi connectivity index (χ4n) is 3.39. The summed E-state index contributed by atoms with van der Waals surface area (Å²) >= 11 is 0. The summed E-state index contributed by atoms with van der Waals surface area (Å²) in [5, 5.41) is 3.40. The molecule has 2 aliphatic heterocycles. The molecule has 2 aliphatic rings. The van der Waals surface area contributed by atoms with Crippen LogP contribution in [-0.2, 0) is 9.53 Å². The normalized spacial score (nSPS) is 20.4. The first-order valence-corrected chi connectivity index (χ1v) is 9.88. The Kier molecular flexibility index (Phi) is 7.08. The van der Waals surface area contributed by atoms with Crippen molar-refractivity contribution >= 4 is 17.6 Å². The van der Waals surface area contributed by atoms with Gasteiger partial charge in [0.25, 0.3) is 0 Å². The van der Waals surface area contributed by atoms with E-state index in [2.05, 4.69) is 20.1 Å². The lowest BCUT2D eigenvalue weighted by molar-refractivity contribution is -0.127. The number of hydrogen-bond acceptors (Lipinski definition) is 4. The predicted octanol–water partition coefficient (Wildman–Crippen LogP) is 1.16. The van der Waals surface area contributed by atoms with Crippen molar-refractivity contribution in [2.24, 2.45) is 4.99 Å². The number of anilines is 1. The molecule has 154 valence electrons. The molecule has 0 bridgehead atoms. The van der Waals surface area contributed by atoms with Gasteiger partial charge >= 0.3 is 0 Å². The molecule has 0 radical (unpaired) electrons. The van der Waals surface area contributed by atoms with Crippen molar-refractivity contribution in [3.63, 3.8) is 0 Å². The minimum absolute atomic E-state index is 0.0265. The molecule has 2 fully saturated rings. The number of carbonyl (C=O) groups excluding carboxylic acids is 1. The molecule has 1 N–H and O–H groups in total. The molecule has 7 nitrogen and oxygen atoms in total. The van der Waals surface area contributed by atoms with Crippen molar-refractivity contribution in [3.8, 4) is 0 Å². The van der Waals surface area contributed by atoms with Gasteiger partial charge in [-0.05, 0) is 37.1 Å². The van der Waals surface area contributed by atoms with Crippen LogP contribution in [0.5, 0.6) is 0 Å².